The summed E-state index contributed by atoms with van der Waals surface area (Å²) in [6.45, 7) is 1.27. The van der Waals surface area contributed by atoms with Crippen LogP contribution in [0.3, 0.4) is 0 Å². The van der Waals surface area contributed by atoms with E-state index in [1.54, 1.807) is 22.9 Å². The molecule has 5 rings (SSSR count). The van der Waals surface area contributed by atoms with Gasteiger partial charge in [0.1, 0.15) is 17.7 Å². The fourth-order valence-electron chi connectivity index (χ4n) is 4.32. The van der Waals surface area contributed by atoms with E-state index >= 15 is 0 Å². The Balaban J connectivity index is 1.58. The van der Waals surface area contributed by atoms with Crippen LogP contribution in [-0.2, 0) is 26.0 Å². The van der Waals surface area contributed by atoms with Gasteiger partial charge >= 0.3 is 7.82 Å². The molecule has 0 saturated heterocycles. The molecular weight excluding hydrogens is 508 g/mol. The molecular formula is C23H19FN5O5PS. The van der Waals surface area contributed by atoms with Gasteiger partial charge in [0.25, 0.3) is 0 Å². The number of halogens is 1. The zero-order chi connectivity index (χ0) is 25.5. The summed E-state index contributed by atoms with van der Waals surface area (Å²) in [5, 5.41) is 15.8. The van der Waals surface area contributed by atoms with Gasteiger partial charge in [0.2, 0.25) is 0 Å². The molecule has 0 amide bonds. The minimum Gasteiger partial charge on any atom is -0.341 e. The van der Waals surface area contributed by atoms with Crippen molar-refractivity contribution in [2.45, 2.75) is 25.0 Å². The van der Waals surface area contributed by atoms with Gasteiger partial charge in [-0.3, -0.25) is 4.52 Å². The zero-order valence-electron chi connectivity index (χ0n) is 18.8. The van der Waals surface area contributed by atoms with Crippen LogP contribution >= 0.6 is 19.2 Å². The molecule has 2 aromatic heterocycles. The molecule has 2 atom stereocenters. The monoisotopic (exact) mass is 527 g/mol. The third kappa shape index (κ3) is 4.49. The van der Waals surface area contributed by atoms with Gasteiger partial charge in [0.15, 0.2) is 12.6 Å². The van der Waals surface area contributed by atoms with Crippen molar-refractivity contribution in [3.8, 4) is 28.7 Å². The molecule has 3 heterocycles. The number of nitriles is 1. The number of phosphoric acid groups is 1. The van der Waals surface area contributed by atoms with Crippen LogP contribution in [0.1, 0.15) is 29.0 Å². The Morgan fingerprint density at radius 1 is 1.31 bits per heavy atom. The molecule has 4 aromatic rings. The molecule has 2 aromatic carbocycles. The summed E-state index contributed by atoms with van der Waals surface area (Å²) in [6.07, 6.45) is 1.35. The van der Waals surface area contributed by atoms with Gasteiger partial charge in [-0.25, -0.2) is 23.6 Å². The van der Waals surface area contributed by atoms with Gasteiger partial charge < -0.3 is 14.5 Å². The van der Waals surface area contributed by atoms with Crippen molar-refractivity contribution in [1.29, 1.82) is 5.26 Å². The van der Waals surface area contributed by atoms with E-state index < -0.39 is 32.0 Å². The summed E-state index contributed by atoms with van der Waals surface area (Å²) in [6, 6.07) is 13.3. The van der Waals surface area contributed by atoms with E-state index in [-0.39, 0.29) is 6.54 Å². The van der Waals surface area contributed by atoms with Gasteiger partial charge in [-0.15, -0.1) is 11.3 Å². The second-order valence-corrected chi connectivity index (χ2v) is 10.3. The third-order valence-corrected chi connectivity index (χ3v) is 7.59. The second-order valence-electron chi connectivity index (χ2n) is 8.18. The summed E-state index contributed by atoms with van der Waals surface area (Å²) < 4.78 is 37.9. The molecule has 10 nitrogen and oxygen atoms in total. The van der Waals surface area contributed by atoms with Crippen molar-refractivity contribution in [2.24, 2.45) is 0 Å². The van der Waals surface area contributed by atoms with Crippen LogP contribution in [0.2, 0.25) is 0 Å². The van der Waals surface area contributed by atoms with Gasteiger partial charge in [0, 0.05) is 22.4 Å². The largest absolute Gasteiger partial charge is 0.471 e. The highest BCUT2D eigenvalue weighted by Gasteiger charge is 2.48. The SMILES string of the molecule is C[C@@H](c1nc(-c2ccc(C#N)cc2)cs1)[C@]1(OCOP(=O)(O)O)Cn2ncnc2-c2cc(F)ccc21. The summed E-state index contributed by atoms with van der Waals surface area (Å²) in [5.41, 5.74) is 1.82. The summed E-state index contributed by atoms with van der Waals surface area (Å²) >= 11 is 1.38. The van der Waals surface area contributed by atoms with Crippen LogP contribution in [0.4, 0.5) is 4.39 Å². The molecule has 0 fully saturated rings. The molecule has 1 aliphatic heterocycles. The maximum absolute atomic E-state index is 14.3. The molecule has 0 saturated carbocycles. The Labute approximate surface area is 208 Å². The van der Waals surface area contributed by atoms with Gasteiger partial charge in [-0.05, 0) is 29.8 Å². The number of fused-ring (bicyclic) bond motifs is 3. The Hall–Kier alpha value is -3.30. The average molecular weight is 527 g/mol. The fraction of sp³-hybridized carbons (Fsp3) is 0.217. The molecule has 36 heavy (non-hydrogen) atoms. The van der Waals surface area contributed by atoms with E-state index in [9.17, 15) is 18.7 Å². The topological polar surface area (TPSA) is 143 Å². The Kier molecular flexibility index (Phi) is 6.30. The highest BCUT2D eigenvalue weighted by atomic mass is 32.1. The van der Waals surface area contributed by atoms with E-state index in [4.69, 9.17) is 15.0 Å². The lowest BCUT2D eigenvalue weighted by atomic mass is 9.77. The molecule has 1 aliphatic rings. The number of benzene rings is 2. The smallest absolute Gasteiger partial charge is 0.341 e. The standard InChI is InChI=1S/C23H19FN5O5PS/c1-14(22-28-20(10-36-22)16-4-2-15(9-25)3-5-16)23(33-13-34-35(30,31)32)11-29-21(26-12-27-29)18-8-17(24)6-7-19(18)23/h2-8,10,12,14H,11,13H2,1H3,(H2,30,31,32)/t14-,23+/m0/s1. The van der Waals surface area contributed by atoms with Crippen molar-refractivity contribution in [3.05, 3.63) is 76.1 Å². The first kappa shape index (κ1) is 24.4. The molecule has 2 N–H and O–H groups in total. The lowest BCUT2D eigenvalue weighted by Gasteiger charge is -2.42. The predicted molar refractivity (Wildman–Crippen MR) is 127 cm³/mol. The quantitative estimate of drug-likeness (QED) is 0.267. The number of ether oxygens (including phenoxy) is 1. The first-order valence-electron chi connectivity index (χ1n) is 10.7. The number of thiazole rings is 1. The Morgan fingerprint density at radius 2 is 2.08 bits per heavy atom. The number of rotatable bonds is 7. The minimum absolute atomic E-state index is 0.123. The molecule has 13 heteroatoms. The number of aromatic nitrogens is 4. The van der Waals surface area contributed by atoms with Crippen molar-refractivity contribution in [2.75, 3.05) is 6.79 Å². The first-order valence-corrected chi connectivity index (χ1v) is 13.1. The molecule has 0 bridgehead atoms. The van der Waals surface area contributed by atoms with E-state index in [2.05, 4.69) is 20.7 Å². The molecule has 0 radical (unpaired) electrons. The number of nitrogens with zero attached hydrogens (tertiary/aromatic N) is 5. The fourth-order valence-corrected chi connectivity index (χ4v) is 5.48. The normalized spacial score (nSPS) is 17.8. The van der Waals surface area contributed by atoms with Crippen LogP contribution in [0.5, 0.6) is 0 Å². The van der Waals surface area contributed by atoms with Crippen molar-refractivity contribution < 1.29 is 28.0 Å². The highest BCUT2D eigenvalue weighted by molar-refractivity contribution is 7.46. The average Bonchev–Trinajstić information content (AvgIpc) is 3.52. The summed E-state index contributed by atoms with van der Waals surface area (Å²) in [5.74, 6) is -0.503. The third-order valence-electron chi connectivity index (χ3n) is 6.12. The molecule has 0 aliphatic carbocycles. The van der Waals surface area contributed by atoms with Crippen molar-refractivity contribution in [1.82, 2.24) is 19.7 Å². The maximum atomic E-state index is 14.3. The van der Waals surface area contributed by atoms with Crippen LogP contribution < -0.4 is 0 Å². The van der Waals surface area contributed by atoms with Crippen LogP contribution in [-0.4, -0.2) is 36.3 Å². The maximum Gasteiger partial charge on any atom is 0.471 e. The molecule has 0 spiro atoms. The zero-order valence-corrected chi connectivity index (χ0v) is 20.5. The Bertz CT molecular complexity index is 1510. The number of hydrogen-bond donors (Lipinski definition) is 2. The minimum atomic E-state index is -4.81. The van der Waals surface area contributed by atoms with Crippen LogP contribution in [0.25, 0.3) is 22.6 Å². The van der Waals surface area contributed by atoms with Crippen molar-refractivity contribution >= 4 is 19.2 Å². The van der Waals surface area contributed by atoms with Gasteiger partial charge in [-0.2, -0.15) is 10.4 Å². The number of phosphoric ester groups is 1. The Morgan fingerprint density at radius 3 is 2.81 bits per heavy atom. The lowest BCUT2D eigenvalue weighted by molar-refractivity contribution is -0.140. The van der Waals surface area contributed by atoms with E-state index in [1.165, 1.54) is 29.8 Å². The van der Waals surface area contributed by atoms with Crippen LogP contribution in [0.15, 0.2) is 54.2 Å². The highest BCUT2D eigenvalue weighted by Crippen LogP contribution is 2.50. The van der Waals surface area contributed by atoms with E-state index in [1.807, 2.05) is 24.4 Å². The van der Waals surface area contributed by atoms with Gasteiger partial charge in [0.05, 0.1) is 28.9 Å². The van der Waals surface area contributed by atoms with Crippen LogP contribution in [0, 0.1) is 17.1 Å². The van der Waals surface area contributed by atoms with E-state index in [0.29, 0.717) is 33.2 Å². The molecule has 0 unspecified atom stereocenters. The van der Waals surface area contributed by atoms with E-state index in [0.717, 1.165) is 5.56 Å². The number of hydrogen-bond acceptors (Lipinski definition) is 8. The summed E-state index contributed by atoms with van der Waals surface area (Å²) in [4.78, 5) is 27.5. The lowest BCUT2D eigenvalue weighted by Crippen LogP contribution is -2.43. The molecule has 184 valence electrons. The first-order chi connectivity index (χ1) is 17.2. The summed E-state index contributed by atoms with van der Waals surface area (Å²) in [7, 11) is -4.81. The second kappa shape index (κ2) is 9.29. The van der Waals surface area contributed by atoms with Crippen molar-refractivity contribution in [3.63, 3.8) is 0 Å². The van der Waals surface area contributed by atoms with Gasteiger partial charge in [-0.1, -0.05) is 25.1 Å². The predicted octanol–water partition coefficient (Wildman–Crippen LogP) is 4.18.